The normalized spacial score (nSPS) is 12.4. The van der Waals surface area contributed by atoms with Gasteiger partial charge in [0.1, 0.15) is 0 Å². The fourth-order valence-corrected chi connectivity index (χ4v) is 4.86. The second-order valence-electron chi connectivity index (χ2n) is 8.18. The SMILES string of the molecule is c1ccc(-c2ccc(-c3ccccc3)c3cc4c(cc23)Cc2ccccc2C4)cc1. The van der Waals surface area contributed by atoms with E-state index in [1.165, 1.54) is 55.3 Å². The van der Waals surface area contributed by atoms with Gasteiger partial charge in [-0.2, -0.15) is 0 Å². The fraction of sp³-hybridized carbons (Fsp3) is 0.0667. The molecule has 0 atom stereocenters. The first-order valence-corrected chi connectivity index (χ1v) is 10.6. The average Bonchev–Trinajstić information content (AvgIpc) is 2.82. The summed E-state index contributed by atoms with van der Waals surface area (Å²) in [5.41, 5.74) is 11.0. The van der Waals surface area contributed by atoms with Crippen molar-refractivity contribution in [3.05, 3.63) is 131 Å². The number of fused-ring (bicyclic) bond motifs is 3. The summed E-state index contributed by atoms with van der Waals surface area (Å²) >= 11 is 0. The van der Waals surface area contributed by atoms with Gasteiger partial charge < -0.3 is 0 Å². The van der Waals surface area contributed by atoms with Crippen LogP contribution in [0.25, 0.3) is 33.0 Å². The van der Waals surface area contributed by atoms with Crippen LogP contribution in [-0.2, 0) is 12.8 Å². The molecule has 0 nitrogen and oxygen atoms in total. The first-order valence-electron chi connectivity index (χ1n) is 10.6. The van der Waals surface area contributed by atoms with Gasteiger partial charge in [0.05, 0.1) is 0 Å². The largest absolute Gasteiger partial charge is 0.0622 e. The molecule has 0 saturated heterocycles. The molecule has 0 unspecified atom stereocenters. The van der Waals surface area contributed by atoms with Crippen molar-refractivity contribution in [2.45, 2.75) is 12.8 Å². The van der Waals surface area contributed by atoms with Gasteiger partial charge in [0, 0.05) is 0 Å². The van der Waals surface area contributed by atoms with Crippen molar-refractivity contribution in [3.8, 4) is 22.3 Å². The Kier molecular flexibility index (Phi) is 4.02. The van der Waals surface area contributed by atoms with Crippen molar-refractivity contribution >= 4 is 10.8 Å². The van der Waals surface area contributed by atoms with E-state index in [4.69, 9.17) is 0 Å². The molecule has 0 radical (unpaired) electrons. The van der Waals surface area contributed by atoms with Crippen molar-refractivity contribution < 1.29 is 0 Å². The van der Waals surface area contributed by atoms with Crippen molar-refractivity contribution in [1.29, 1.82) is 0 Å². The summed E-state index contributed by atoms with van der Waals surface area (Å²) in [6.45, 7) is 0. The minimum Gasteiger partial charge on any atom is -0.0622 e. The van der Waals surface area contributed by atoms with Crippen molar-refractivity contribution in [3.63, 3.8) is 0 Å². The highest BCUT2D eigenvalue weighted by Crippen LogP contribution is 2.39. The van der Waals surface area contributed by atoms with Crippen LogP contribution < -0.4 is 0 Å². The van der Waals surface area contributed by atoms with Crippen molar-refractivity contribution in [2.24, 2.45) is 0 Å². The summed E-state index contributed by atoms with van der Waals surface area (Å²) in [4.78, 5) is 0. The molecule has 0 aliphatic heterocycles. The van der Waals surface area contributed by atoms with Gasteiger partial charge in [0.2, 0.25) is 0 Å². The van der Waals surface area contributed by atoms with Crippen LogP contribution in [0.3, 0.4) is 0 Å². The minimum atomic E-state index is 1.02. The third kappa shape index (κ3) is 2.84. The minimum absolute atomic E-state index is 1.02. The lowest BCUT2D eigenvalue weighted by Crippen LogP contribution is -2.07. The summed E-state index contributed by atoms with van der Waals surface area (Å²) in [7, 11) is 0. The van der Waals surface area contributed by atoms with Gasteiger partial charge in [-0.25, -0.2) is 0 Å². The maximum Gasteiger partial charge on any atom is -0.00198 e. The maximum atomic E-state index is 2.45. The van der Waals surface area contributed by atoms with E-state index in [1.807, 2.05) is 0 Å². The van der Waals surface area contributed by atoms with Gasteiger partial charge in [-0.05, 0) is 80.3 Å². The zero-order valence-corrected chi connectivity index (χ0v) is 16.8. The molecule has 0 heteroatoms. The Morgan fingerprint density at radius 2 is 0.767 bits per heavy atom. The first kappa shape index (κ1) is 17.2. The zero-order valence-electron chi connectivity index (χ0n) is 16.8. The van der Waals surface area contributed by atoms with Gasteiger partial charge in [0.25, 0.3) is 0 Å². The molecule has 1 aliphatic rings. The van der Waals surface area contributed by atoms with Crippen molar-refractivity contribution in [2.75, 3.05) is 0 Å². The topological polar surface area (TPSA) is 0 Å². The third-order valence-electron chi connectivity index (χ3n) is 6.39. The first-order chi connectivity index (χ1) is 14.9. The van der Waals surface area contributed by atoms with E-state index < -0.39 is 0 Å². The van der Waals surface area contributed by atoms with Crippen LogP contribution in [0, 0.1) is 0 Å². The molecule has 0 saturated carbocycles. The van der Waals surface area contributed by atoms with E-state index in [9.17, 15) is 0 Å². The predicted molar refractivity (Wildman–Crippen MR) is 127 cm³/mol. The van der Waals surface area contributed by atoms with E-state index in [-0.39, 0.29) is 0 Å². The van der Waals surface area contributed by atoms with Crippen LogP contribution >= 0.6 is 0 Å². The summed E-state index contributed by atoms with van der Waals surface area (Å²) in [6.07, 6.45) is 2.04. The van der Waals surface area contributed by atoms with Gasteiger partial charge in [-0.3, -0.25) is 0 Å². The highest BCUT2D eigenvalue weighted by molar-refractivity contribution is 6.05. The second-order valence-corrected chi connectivity index (χ2v) is 8.18. The summed E-state index contributed by atoms with van der Waals surface area (Å²) in [6, 6.07) is 39.9. The molecule has 6 rings (SSSR count). The summed E-state index contributed by atoms with van der Waals surface area (Å²) in [5, 5.41) is 2.70. The van der Waals surface area contributed by atoms with Crippen LogP contribution in [0.2, 0.25) is 0 Å². The highest BCUT2D eigenvalue weighted by atomic mass is 14.2. The standard InChI is InChI=1S/C30H22/c1-3-9-21(10-4-1)27-15-16-28(22-11-5-2-6-12-22)30-20-26-18-24-14-8-7-13-23(24)17-25(26)19-29(27)30/h1-16,19-20H,17-18H2. The lowest BCUT2D eigenvalue weighted by molar-refractivity contribution is 1.01. The molecule has 5 aromatic rings. The van der Waals surface area contributed by atoms with Crippen LogP contribution in [0.5, 0.6) is 0 Å². The highest BCUT2D eigenvalue weighted by Gasteiger charge is 2.18. The molecule has 0 spiro atoms. The molecule has 0 fully saturated rings. The quantitative estimate of drug-likeness (QED) is 0.288. The van der Waals surface area contributed by atoms with E-state index in [0.29, 0.717) is 0 Å². The Balaban J connectivity index is 1.63. The molecule has 0 amide bonds. The van der Waals surface area contributed by atoms with E-state index >= 15 is 0 Å². The summed E-state index contributed by atoms with van der Waals surface area (Å²) < 4.78 is 0. The second kappa shape index (κ2) is 7.00. The van der Waals surface area contributed by atoms with Crippen LogP contribution in [0.15, 0.2) is 109 Å². The van der Waals surface area contributed by atoms with E-state index in [0.717, 1.165) is 12.8 Å². The van der Waals surface area contributed by atoms with Crippen LogP contribution in [-0.4, -0.2) is 0 Å². The number of benzene rings is 5. The van der Waals surface area contributed by atoms with Gasteiger partial charge in [-0.1, -0.05) is 97.1 Å². The Hall–Kier alpha value is -3.64. The average molecular weight is 383 g/mol. The van der Waals surface area contributed by atoms with Crippen molar-refractivity contribution in [1.82, 2.24) is 0 Å². The molecule has 1 aliphatic carbocycles. The van der Waals surface area contributed by atoms with E-state index in [2.05, 4.69) is 109 Å². The predicted octanol–water partition coefficient (Wildman–Crippen LogP) is 7.67. The Labute approximate surface area is 177 Å². The molecule has 0 aromatic heterocycles. The Bertz CT molecular complexity index is 1260. The zero-order chi connectivity index (χ0) is 19.9. The van der Waals surface area contributed by atoms with Gasteiger partial charge in [-0.15, -0.1) is 0 Å². The Morgan fingerprint density at radius 1 is 0.367 bits per heavy atom. The number of hydrogen-bond donors (Lipinski definition) is 0. The smallest absolute Gasteiger partial charge is 0.00198 e. The molecular formula is C30H22. The number of hydrogen-bond acceptors (Lipinski definition) is 0. The van der Waals surface area contributed by atoms with Crippen LogP contribution in [0.1, 0.15) is 22.3 Å². The van der Waals surface area contributed by atoms with Gasteiger partial charge in [0.15, 0.2) is 0 Å². The third-order valence-corrected chi connectivity index (χ3v) is 6.39. The lowest BCUT2D eigenvalue weighted by Gasteiger charge is -2.22. The molecule has 0 bridgehead atoms. The van der Waals surface area contributed by atoms with Gasteiger partial charge >= 0.3 is 0 Å². The fourth-order valence-electron chi connectivity index (χ4n) is 4.86. The number of rotatable bonds is 2. The molecular weight excluding hydrogens is 360 g/mol. The van der Waals surface area contributed by atoms with Crippen LogP contribution in [0.4, 0.5) is 0 Å². The molecule has 142 valence electrons. The van der Waals surface area contributed by atoms with E-state index in [1.54, 1.807) is 0 Å². The molecule has 30 heavy (non-hydrogen) atoms. The molecule has 0 heterocycles. The maximum absolute atomic E-state index is 2.45. The molecule has 0 N–H and O–H groups in total. The Morgan fingerprint density at radius 3 is 1.20 bits per heavy atom. The monoisotopic (exact) mass is 382 g/mol. The summed E-state index contributed by atoms with van der Waals surface area (Å²) in [5.74, 6) is 0. The molecule has 5 aromatic carbocycles. The lowest BCUT2D eigenvalue weighted by atomic mass is 9.82.